The van der Waals surface area contributed by atoms with Crippen LogP contribution in [0.4, 0.5) is 0 Å². The summed E-state index contributed by atoms with van der Waals surface area (Å²) in [6.45, 7) is 4.52. The number of carbonyl (C=O) groups is 2. The zero-order valence-electron chi connectivity index (χ0n) is 13.0. The maximum Gasteiger partial charge on any atom is 0.261 e. The zero-order valence-corrected chi connectivity index (χ0v) is 13.8. The second-order valence-electron chi connectivity index (χ2n) is 5.03. The fourth-order valence-electron chi connectivity index (χ4n) is 2.22. The molecule has 2 N–H and O–H groups in total. The zero-order chi connectivity index (χ0) is 16.1. The van der Waals surface area contributed by atoms with Gasteiger partial charge in [-0.05, 0) is 42.7 Å². The molecule has 1 heterocycles. The predicted molar refractivity (Wildman–Crippen MR) is 89.4 cm³/mol. The molecule has 5 heteroatoms. The lowest BCUT2D eigenvalue weighted by Gasteiger charge is -2.06. The van der Waals surface area contributed by atoms with E-state index in [2.05, 4.69) is 17.6 Å². The first-order chi connectivity index (χ1) is 10.5. The molecular weight excluding hydrogens is 296 g/mol. The Morgan fingerprint density at radius 1 is 1.18 bits per heavy atom. The van der Waals surface area contributed by atoms with E-state index >= 15 is 0 Å². The minimum atomic E-state index is -0.130. The average Bonchev–Trinajstić information content (AvgIpc) is 2.93. The van der Waals surface area contributed by atoms with E-state index in [1.165, 1.54) is 21.8 Å². The molecule has 0 radical (unpaired) electrons. The van der Waals surface area contributed by atoms with Gasteiger partial charge in [0.25, 0.3) is 11.8 Å². The van der Waals surface area contributed by atoms with Gasteiger partial charge in [0.15, 0.2) is 0 Å². The van der Waals surface area contributed by atoms with E-state index in [1.54, 1.807) is 19.2 Å². The number of benzene rings is 1. The highest BCUT2D eigenvalue weighted by Crippen LogP contribution is 2.22. The molecular formula is C17H20N2O2S. The lowest BCUT2D eigenvalue weighted by Crippen LogP contribution is -2.22. The SMILES string of the molecule is CCc1sc(C(=O)NCc2cccc(C(=O)NC)c2)cc1C. The fraction of sp³-hybridized carbons (Fsp3) is 0.294. The molecule has 0 unspecified atom stereocenters. The van der Waals surface area contributed by atoms with Crippen molar-refractivity contribution in [3.63, 3.8) is 0 Å². The molecule has 0 aliphatic rings. The largest absolute Gasteiger partial charge is 0.355 e. The number of rotatable bonds is 5. The number of aryl methyl sites for hydroxylation is 2. The number of thiophene rings is 1. The molecule has 0 aliphatic heterocycles. The second-order valence-corrected chi connectivity index (χ2v) is 6.17. The lowest BCUT2D eigenvalue weighted by molar-refractivity contribution is 0.0952. The van der Waals surface area contributed by atoms with Crippen LogP contribution in [0, 0.1) is 6.92 Å². The molecule has 0 aliphatic carbocycles. The van der Waals surface area contributed by atoms with Crippen LogP contribution in [0.15, 0.2) is 30.3 Å². The van der Waals surface area contributed by atoms with Crippen LogP contribution in [-0.2, 0) is 13.0 Å². The first-order valence-corrected chi connectivity index (χ1v) is 8.05. The van der Waals surface area contributed by atoms with Crippen LogP contribution in [0.3, 0.4) is 0 Å². The average molecular weight is 316 g/mol. The van der Waals surface area contributed by atoms with Gasteiger partial charge in [-0.15, -0.1) is 11.3 Å². The third-order valence-electron chi connectivity index (χ3n) is 3.43. The van der Waals surface area contributed by atoms with Crippen molar-refractivity contribution in [3.8, 4) is 0 Å². The molecule has 2 aromatic rings. The van der Waals surface area contributed by atoms with Crippen molar-refractivity contribution in [3.05, 3.63) is 56.8 Å². The quantitative estimate of drug-likeness (QED) is 0.891. The van der Waals surface area contributed by atoms with E-state index in [1.807, 2.05) is 25.1 Å². The molecule has 4 nitrogen and oxygen atoms in total. The van der Waals surface area contributed by atoms with Gasteiger partial charge in [0.2, 0.25) is 0 Å². The molecule has 2 rings (SSSR count). The van der Waals surface area contributed by atoms with E-state index in [-0.39, 0.29) is 11.8 Å². The molecule has 0 spiro atoms. The monoisotopic (exact) mass is 316 g/mol. The van der Waals surface area contributed by atoms with Gasteiger partial charge in [-0.2, -0.15) is 0 Å². The maximum atomic E-state index is 12.2. The standard InChI is InChI=1S/C17H20N2O2S/c1-4-14-11(2)8-15(22-14)17(21)19-10-12-6-5-7-13(9-12)16(20)18-3/h5-9H,4,10H2,1-3H3,(H,18,20)(H,19,21). The Morgan fingerprint density at radius 3 is 2.59 bits per heavy atom. The van der Waals surface area contributed by atoms with Crippen molar-refractivity contribution in [2.45, 2.75) is 26.8 Å². The Hall–Kier alpha value is -2.14. The van der Waals surface area contributed by atoms with Gasteiger partial charge in [-0.1, -0.05) is 19.1 Å². The van der Waals surface area contributed by atoms with Gasteiger partial charge in [-0.25, -0.2) is 0 Å². The number of nitrogens with one attached hydrogen (secondary N) is 2. The van der Waals surface area contributed by atoms with Crippen LogP contribution in [0.25, 0.3) is 0 Å². The van der Waals surface area contributed by atoms with E-state index in [0.29, 0.717) is 12.1 Å². The highest BCUT2D eigenvalue weighted by Gasteiger charge is 2.11. The lowest BCUT2D eigenvalue weighted by atomic mass is 10.1. The molecule has 1 aromatic heterocycles. The number of carbonyl (C=O) groups excluding carboxylic acids is 2. The van der Waals surface area contributed by atoms with Crippen molar-refractivity contribution in [1.29, 1.82) is 0 Å². The van der Waals surface area contributed by atoms with Gasteiger partial charge >= 0.3 is 0 Å². The topological polar surface area (TPSA) is 58.2 Å². The summed E-state index contributed by atoms with van der Waals surface area (Å²) in [5.74, 6) is -0.201. The molecule has 0 saturated carbocycles. The van der Waals surface area contributed by atoms with Gasteiger partial charge < -0.3 is 10.6 Å². The highest BCUT2D eigenvalue weighted by atomic mass is 32.1. The maximum absolute atomic E-state index is 12.2. The number of hydrogen-bond acceptors (Lipinski definition) is 3. The third kappa shape index (κ3) is 3.74. The molecule has 0 fully saturated rings. The van der Waals surface area contributed by atoms with Crippen LogP contribution in [0.1, 0.15) is 43.0 Å². The van der Waals surface area contributed by atoms with Crippen LogP contribution < -0.4 is 10.6 Å². The van der Waals surface area contributed by atoms with Crippen molar-refractivity contribution in [2.75, 3.05) is 7.05 Å². The number of hydrogen-bond donors (Lipinski definition) is 2. The highest BCUT2D eigenvalue weighted by molar-refractivity contribution is 7.14. The summed E-state index contributed by atoms with van der Waals surface area (Å²) in [4.78, 5) is 25.8. The van der Waals surface area contributed by atoms with Gasteiger partial charge in [0.1, 0.15) is 0 Å². The Kier molecular flexibility index (Phi) is 5.33. The first kappa shape index (κ1) is 16.2. The van der Waals surface area contributed by atoms with Crippen molar-refractivity contribution in [1.82, 2.24) is 10.6 Å². The minimum absolute atomic E-state index is 0.0712. The predicted octanol–water partition coefficient (Wildman–Crippen LogP) is 2.91. The number of amides is 2. The summed E-state index contributed by atoms with van der Waals surface area (Å²) in [7, 11) is 1.60. The Balaban J connectivity index is 2.03. The van der Waals surface area contributed by atoms with Crippen LogP contribution >= 0.6 is 11.3 Å². The first-order valence-electron chi connectivity index (χ1n) is 7.23. The Bertz CT molecular complexity index is 692. The van der Waals surface area contributed by atoms with Crippen LogP contribution in [0.2, 0.25) is 0 Å². The second kappa shape index (κ2) is 7.22. The summed E-state index contributed by atoms with van der Waals surface area (Å²) in [6, 6.07) is 9.18. The normalized spacial score (nSPS) is 10.3. The summed E-state index contributed by atoms with van der Waals surface area (Å²) in [5.41, 5.74) is 2.66. The van der Waals surface area contributed by atoms with E-state index in [9.17, 15) is 9.59 Å². The summed E-state index contributed by atoms with van der Waals surface area (Å²) in [6.07, 6.45) is 0.942. The fourth-order valence-corrected chi connectivity index (χ4v) is 3.25. The van der Waals surface area contributed by atoms with Crippen molar-refractivity contribution >= 4 is 23.2 Å². The van der Waals surface area contributed by atoms with E-state index in [4.69, 9.17) is 0 Å². The molecule has 22 heavy (non-hydrogen) atoms. The van der Waals surface area contributed by atoms with E-state index in [0.717, 1.165) is 16.9 Å². The van der Waals surface area contributed by atoms with Crippen LogP contribution in [0.5, 0.6) is 0 Å². The summed E-state index contributed by atoms with van der Waals surface area (Å²) < 4.78 is 0. The summed E-state index contributed by atoms with van der Waals surface area (Å²) >= 11 is 1.54. The minimum Gasteiger partial charge on any atom is -0.355 e. The molecule has 116 valence electrons. The van der Waals surface area contributed by atoms with Gasteiger partial charge in [0, 0.05) is 24.0 Å². The van der Waals surface area contributed by atoms with Crippen molar-refractivity contribution < 1.29 is 9.59 Å². The van der Waals surface area contributed by atoms with Crippen LogP contribution in [-0.4, -0.2) is 18.9 Å². The smallest absolute Gasteiger partial charge is 0.261 e. The Morgan fingerprint density at radius 2 is 1.95 bits per heavy atom. The van der Waals surface area contributed by atoms with E-state index < -0.39 is 0 Å². The molecule has 2 amide bonds. The van der Waals surface area contributed by atoms with Gasteiger partial charge in [-0.3, -0.25) is 9.59 Å². The molecule has 0 bridgehead atoms. The Labute approximate surface area is 134 Å². The molecule has 0 atom stereocenters. The van der Waals surface area contributed by atoms with Crippen molar-refractivity contribution in [2.24, 2.45) is 0 Å². The summed E-state index contributed by atoms with van der Waals surface area (Å²) in [5, 5.41) is 5.49. The molecule has 0 saturated heterocycles. The third-order valence-corrected chi connectivity index (χ3v) is 4.82. The van der Waals surface area contributed by atoms with Gasteiger partial charge in [0.05, 0.1) is 4.88 Å². The molecule has 1 aromatic carbocycles.